The Morgan fingerprint density at radius 3 is 2.32 bits per heavy atom. The fraction of sp³-hybridized carbons (Fsp3) is 0.938. The van der Waals surface area contributed by atoms with Crippen molar-refractivity contribution < 1.29 is 23.4 Å². The smallest absolute Gasteiger partial charge is 0.207 e. The maximum absolute atomic E-state index is 12.9. The van der Waals surface area contributed by atoms with E-state index in [0.29, 0.717) is 31.0 Å². The lowest BCUT2D eigenvalue weighted by atomic mass is 9.46. The highest BCUT2D eigenvalue weighted by molar-refractivity contribution is 7.59. The van der Waals surface area contributed by atoms with Gasteiger partial charge in [0.15, 0.2) is 5.79 Å². The molecule has 4 aliphatic carbocycles. The third-order valence-electron chi connectivity index (χ3n) is 6.47. The van der Waals surface area contributed by atoms with Gasteiger partial charge in [0.25, 0.3) is 0 Å². The monoisotopic (exact) mass is 328 g/mol. The Kier molecular flexibility index (Phi) is 3.40. The second-order valence-corrected chi connectivity index (χ2v) is 10.5. The molecule has 5 fully saturated rings. The van der Waals surface area contributed by atoms with Gasteiger partial charge in [-0.2, -0.15) is 0 Å². The van der Waals surface area contributed by atoms with Crippen LogP contribution in [0, 0.1) is 23.2 Å². The normalized spacial score (nSPS) is 44.4. The summed E-state index contributed by atoms with van der Waals surface area (Å²) in [5, 5.41) is 0. The van der Waals surface area contributed by atoms with Crippen LogP contribution in [0.5, 0.6) is 0 Å². The zero-order valence-electron chi connectivity index (χ0n) is 13.4. The van der Waals surface area contributed by atoms with Crippen LogP contribution >= 0.6 is 7.37 Å². The summed E-state index contributed by atoms with van der Waals surface area (Å²) in [5.74, 6) is 0.969. The fourth-order valence-corrected chi connectivity index (χ4v) is 6.66. The average molecular weight is 328 g/mol. The van der Waals surface area contributed by atoms with Crippen LogP contribution in [0.15, 0.2) is 0 Å². The van der Waals surface area contributed by atoms with Crippen molar-refractivity contribution in [3.8, 4) is 0 Å². The minimum Gasteiger partial charge on any atom is -0.347 e. The number of Topliss-reactive ketones (excluding diaryl/α,β-unsaturated/α-hetero) is 1. The van der Waals surface area contributed by atoms with Crippen LogP contribution in [0.1, 0.15) is 32.1 Å². The summed E-state index contributed by atoms with van der Waals surface area (Å²) in [5.41, 5.74) is -0.304. The van der Waals surface area contributed by atoms with Gasteiger partial charge in [0, 0.05) is 31.0 Å². The first-order valence-corrected chi connectivity index (χ1v) is 10.6. The first kappa shape index (κ1) is 15.3. The maximum Gasteiger partial charge on any atom is 0.207 e. The van der Waals surface area contributed by atoms with Crippen molar-refractivity contribution in [2.24, 2.45) is 23.2 Å². The molecule has 5 aliphatic rings. The molecule has 0 N–H and O–H groups in total. The van der Waals surface area contributed by atoms with Crippen molar-refractivity contribution in [3.63, 3.8) is 0 Å². The van der Waals surface area contributed by atoms with Crippen LogP contribution < -0.4 is 0 Å². The Morgan fingerprint density at radius 1 is 1.18 bits per heavy atom. The van der Waals surface area contributed by atoms with E-state index in [1.54, 1.807) is 6.66 Å². The van der Waals surface area contributed by atoms with Crippen LogP contribution in [-0.4, -0.2) is 44.7 Å². The molecule has 0 aromatic carbocycles. The van der Waals surface area contributed by atoms with Crippen molar-refractivity contribution in [2.45, 2.75) is 37.9 Å². The van der Waals surface area contributed by atoms with Gasteiger partial charge in [-0.3, -0.25) is 9.36 Å². The molecular formula is C16H25O5P. The maximum atomic E-state index is 12.9. The van der Waals surface area contributed by atoms with E-state index in [9.17, 15) is 9.36 Å². The van der Waals surface area contributed by atoms with Crippen molar-refractivity contribution in [1.29, 1.82) is 0 Å². The molecule has 3 unspecified atom stereocenters. The molecule has 5 rings (SSSR count). The molecule has 1 spiro atoms. The van der Waals surface area contributed by atoms with Crippen molar-refractivity contribution in [2.75, 3.05) is 33.2 Å². The Hall–Kier alpha value is -0.220. The minimum absolute atomic E-state index is 0.0738. The molecule has 6 heteroatoms. The number of hydrogen-bond acceptors (Lipinski definition) is 5. The van der Waals surface area contributed by atoms with Crippen LogP contribution in [-0.2, 0) is 23.4 Å². The molecule has 0 aromatic heterocycles. The van der Waals surface area contributed by atoms with Crippen molar-refractivity contribution in [3.05, 3.63) is 0 Å². The molecule has 4 saturated carbocycles. The fourth-order valence-electron chi connectivity index (χ4n) is 5.68. The standard InChI is InChI=1S/C16H25O5P/c1-19-22(2,18)10-14(17)15-7-11-5-12(8-15)16(13(6-11)9-15)20-3-4-21-16/h11-13H,3-10H2,1-2H3. The molecule has 5 nitrogen and oxygen atoms in total. The molecule has 0 amide bonds. The summed E-state index contributed by atoms with van der Waals surface area (Å²) < 4.78 is 29.4. The van der Waals surface area contributed by atoms with E-state index in [1.165, 1.54) is 7.11 Å². The third kappa shape index (κ3) is 2.09. The Balaban J connectivity index is 1.60. The Bertz CT molecular complexity index is 521. The van der Waals surface area contributed by atoms with Crippen LogP contribution in [0.4, 0.5) is 0 Å². The second-order valence-electron chi connectivity index (χ2n) is 7.82. The van der Waals surface area contributed by atoms with Crippen molar-refractivity contribution in [1.82, 2.24) is 0 Å². The van der Waals surface area contributed by atoms with Gasteiger partial charge >= 0.3 is 0 Å². The van der Waals surface area contributed by atoms with Gasteiger partial charge in [-0.1, -0.05) is 0 Å². The summed E-state index contributed by atoms with van der Waals surface area (Å²) >= 11 is 0. The lowest BCUT2D eigenvalue weighted by molar-refractivity contribution is -0.298. The van der Waals surface area contributed by atoms with Gasteiger partial charge < -0.3 is 14.0 Å². The van der Waals surface area contributed by atoms with Gasteiger partial charge in [-0.25, -0.2) is 0 Å². The number of carbonyl (C=O) groups excluding carboxylic acids is 1. The van der Waals surface area contributed by atoms with E-state index in [4.69, 9.17) is 14.0 Å². The van der Waals surface area contributed by atoms with Gasteiger partial charge in [0.2, 0.25) is 7.37 Å². The summed E-state index contributed by atoms with van der Waals surface area (Å²) in [6.45, 7) is 2.91. The molecule has 1 heterocycles. The highest BCUT2D eigenvalue weighted by Crippen LogP contribution is 2.66. The quantitative estimate of drug-likeness (QED) is 0.743. The topological polar surface area (TPSA) is 61.8 Å². The molecule has 1 aliphatic heterocycles. The summed E-state index contributed by atoms with van der Waals surface area (Å²) in [7, 11) is -1.36. The first-order chi connectivity index (χ1) is 10.4. The Morgan fingerprint density at radius 2 is 1.77 bits per heavy atom. The summed E-state index contributed by atoms with van der Waals surface area (Å²) in [4.78, 5) is 12.9. The van der Waals surface area contributed by atoms with E-state index in [0.717, 1.165) is 32.1 Å². The molecule has 1 saturated heterocycles. The first-order valence-electron chi connectivity index (χ1n) is 8.33. The van der Waals surface area contributed by atoms with E-state index in [1.807, 2.05) is 0 Å². The van der Waals surface area contributed by atoms with E-state index >= 15 is 0 Å². The SMILES string of the molecule is COP(C)(=O)CC(=O)C12CC3CC(C1)C1(OCCO1)C(C3)C2. The van der Waals surface area contributed by atoms with Crippen LogP contribution in [0.25, 0.3) is 0 Å². The number of hydrogen-bond donors (Lipinski definition) is 0. The van der Waals surface area contributed by atoms with Crippen molar-refractivity contribution >= 4 is 13.2 Å². The minimum atomic E-state index is -2.80. The predicted octanol–water partition coefficient (Wildman–Crippen LogP) is 2.68. The number of rotatable bonds is 4. The van der Waals surface area contributed by atoms with E-state index in [-0.39, 0.29) is 17.4 Å². The number of ketones is 1. The molecule has 0 aromatic rings. The molecule has 4 bridgehead atoms. The van der Waals surface area contributed by atoms with Gasteiger partial charge in [-0.05, 0) is 38.0 Å². The number of carbonyl (C=O) groups is 1. The predicted molar refractivity (Wildman–Crippen MR) is 81.0 cm³/mol. The summed E-state index contributed by atoms with van der Waals surface area (Å²) in [6, 6.07) is 0. The van der Waals surface area contributed by atoms with Gasteiger partial charge in [-0.15, -0.1) is 0 Å². The van der Waals surface area contributed by atoms with Gasteiger partial charge in [0.05, 0.1) is 19.4 Å². The largest absolute Gasteiger partial charge is 0.347 e. The average Bonchev–Trinajstić information content (AvgIpc) is 2.94. The lowest BCUT2D eigenvalue weighted by Gasteiger charge is -2.62. The zero-order chi connectivity index (χ0) is 15.6. The number of ether oxygens (including phenoxy) is 2. The van der Waals surface area contributed by atoms with E-state index < -0.39 is 13.2 Å². The lowest BCUT2D eigenvalue weighted by Crippen LogP contribution is -2.63. The molecular weight excluding hydrogens is 303 g/mol. The molecule has 3 atom stereocenters. The van der Waals surface area contributed by atoms with Crippen LogP contribution in [0.2, 0.25) is 0 Å². The molecule has 0 radical (unpaired) electrons. The Labute approximate surface area is 131 Å². The van der Waals surface area contributed by atoms with E-state index in [2.05, 4.69) is 0 Å². The third-order valence-corrected chi connectivity index (χ3v) is 8.11. The summed E-state index contributed by atoms with van der Waals surface area (Å²) in [6.07, 6.45) is 4.92. The van der Waals surface area contributed by atoms with Gasteiger partial charge in [0.1, 0.15) is 5.78 Å². The zero-order valence-corrected chi connectivity index (χ0v) is 14.3. The van der Waals surface area contributed by atoms with Crippen LogP contribution in [0.3, 0.4) is 0 Å². The molecule has 124 valence electrons. The second kappa shape index (κ2) is 4.89. The molecule has 22 heavy (non-hydrogen) atoms. The highest BCUT2D eigenvalue weighted by Gasteiger charge is 2.66. The highest BCUT2D eigenvalue weighted by atomic mass is 31.2.